The SMILES string of the molecule is CCN(CC)CCOc1ccc(C=Cc2ccccc2-c2ccccc2CNC(=O)Cc2ccc(OC)cc2)cc1. The van der Waals surface area contributed by atoms with Crippen molar-refractivity contribution in [3.63, 3.8) is 0 Å². The molecule has 0 aliphatic rings. The molecule has 0 atom stereocenters. The molecule has 4 rings (SSSR count). The van der Waals surface area contributed by atoms with Gasteiger partial charge in [-0.15, -0.1) is 0 Å². The van der Waals surface area contributed by atoms with E-state index in [0.717, 1.165) is 64.5 Å². The highest BCUT2D eigenvalue weighted by Gasteiger charge is 2.10. The van der Waals surface area contributed by atoms with Crippen LogP contribution in [0, 0.1) is 0 Å². The Balaban J connectivity index is 1.41. The zero-order valence-electron chi connectivity index (χ0n) is 24.3. The zero-order chi connectivity index (χ0) is 28.9. The van der Waals surface area contributed by atoms with Crippen LogP contribution in [0.5, 0.6) is 11.5 Å². The highest BCUT2D eigenvalue weighted by Crippen LogP contribution is 2.29. The van der Waals surface area contributed by atoms with Gasteiger partial charge in [-0.05, 0) is 70.7 Å². The Morgan fingerprint density at radius 3 is 2.15 bits per heavy atom. The average Bonchev–Trinajstić information content (AvgIpc) is 3.02. The Bertz CT molecular complexity index is 1410. The number of carbonyl (C=O) groups is 1. The number of amides is 1. The van der Waals surface area contributed by atoms with Gasteiger partial charge in [0.15, 0.2) is 0 Å². The van der Waals surface area contributed by atoms with Crippen LogP contribution < -0.4 is 14.8 Å². The molecule has 0 bridgehead atoms. The fourth-order valence-corrected chi connectivity index (χ4v) is 4.70. The Labute approximate surface area is 244 Å². The van der Waals surface area contributed by atoms with E-state index in [1.807, 2.05) is 48.5 Å². The van der Waals surface area contributed by atoms with Crippen molar-refractivity contribution in [3.05, 3.63) is 119 Å². The second kappa shape index (κ2) is 15.4. The molecule has 41 heavy (non-hydrogen) atoms. The van der Waals surface area contributed by atoms with Gasteiger partial charge in [-0.2, -0.15) is 0 Å². The predicted molar refractivity (Wildman–Crippen MR) is 169 cm³/mol. The van der Waals surface area contributed by atoms with Gasteiger partial charge in [-0.1, -0.05) is 98.8 Å². The number of hydrogen-bond donors (Lipinski definition) is 1. The lowest BCUT2D eigenvalue weighted by molar-refractivity contribution is -0.120. The van der Waals surface area contributed by atoms with Crippen LogP contribution in [-0.4, -0.2) is 44.2 Å². The van der Waals surface area contributed by atoms with Gasteiger partial charge in [-0.25, -0.2) is 0 Å². The van der Waals surface area contributed by atoms with Crippen molar-refractivity contribution in [1.29, 1.82) is 0 Å². The molecule has 0 saturated heterocycles. The lowest BCUT2D eigenvalue weighted by atomic mass is 9.94. The number of methoxy groups -OCH3 is 1. The third-order valence-corrected chi connectivity index (χ3v) is 7.17. The third kappa shape index (κ3) is 8.82. The molecule has 212 valence electrons. The van der Waals surface area contributed by atoms with Crippen LogP contribution in [0.3, 0.4) is 0 Å². The number of carbonyl (C=O) groups excluding carboxylic acids is 1. The van der Waals surface area contributed by atoms with E-state index in [4.69, 9.17) is 9.47 Å². The summed E-state index contributed by atoms with van der Waals surface area (Å²) in [5.74, 6) is 1.65. The highest BCUT2D eigenvalue weighted by atomic mass is 16.5. The van der Waals surface area contributed by atoms with E-state index in [1.165, 1.54) is 0 Å². The molecule has 0 unspecified atom stereocenters. The van der Waals surface area contributed by atoms with E-state index in [-0.39, 0.29) is 5.91 Å². The van der Waals surface area contributed by atoms with Crippen LogP contribution in [-0.2, 0) is 17.8 Å². The molecule has 0 aliphatic carbocycles. The molecule has 0 spiro atoms. The predicted octanol–water partition coefficient (Wildman–Crippen LogP) is 7.11. The van der Waals surface area contributed by atoms with Crippen molar-refractivity contribution in [1.82, 2.24) is 10.2 Å². The molecule has 1 N–H and O–H groups in total. The standard InChI is InChI=1S/C36H40N2O3/c1-4-38(5-2)24-25-41-33-22-15-28(16-23-33)14-19-30-10-6-8-12-34(30)35-13-9-7-11-31(35)27-37-36(39)26-29-17-20-32(40-3)21-18-29/h6-23H,4-5,24-27H2,1-3H3,(H,37,39). The number of rotatable bonds is 14. The van der Waals surface area contributed by atoms with Crippen molar-refractivity contribution in [2.24, 2.45) is 0 Å². The quantitative estimate of drug-likeness (QED) is 0.171. The lowest BCUT2D eigenvalue weighted by Crippen LogP contribution is -2.27. The van der Waals surface area contributed by atoms with Crippen molar-refractivity contribution in [2.45, 2.75) is 26.8 Å². The van der Waals surface area contributed by atoms with Gasteiger partial charge in [-0.3, -0.25) is 4.79 Å². The van der Waals surface area contributed by atoms with Crippen molar-refractivity contribution in [2.75, 3.05) is 33.4 Å². The summed E-state index contributed by atoms with van der Waals surface area (Å²) in [5.41, 5.74) is 6.47. The van der Waals surface area contributed by atoms with Crippen LogP contribution in [0.15, 0.2) is 97.1 Å². The fraction of sp³-hybridized carbons (Fsp3) is 0.250. The van der Waals surface area contributed by atoms with Gasteiger partial charge in [0.25, 0.3) is 0 Å². The molecule has 0 heterocycles. The molecular formula is C36H40N2O3. The maximum atomic E-state index is 12.7. The van der Waals surface area contributed by atoms with Crippen molar-refractivity contribution in [3.8, 4) is 22.6 Å². The number of benzene rings is 4. The summed E-state index contributed by atoms with van der Waals surface area (Å²) in [5, 5.41) is 3.09. The fourth-order valence-electron chi connectivity index (χ4n) is 4.70. The van der Waals surface area contributed by atoms with Gasteiger partial charge in [0, 0.05) is 13.1 Å². The molecule has 0 aliphatic heterocycles. The molecule has 4 aromatic rings. The minimum atomic E-state index is -0.0152. The minimum Gasteiger partial charge on any atom is -0.497 e. The first-order valence-electron chi connectivity index (χ1n) is 14.3. The summed E-state index contributed by atoms with van der Waals surface area (Å²) in [6, 6.07) is 32.4. The molecule has 5 heteroatoms. The van der Waals surface area contributed by atoms with Gasteiger partial charge in [0.2, 0.25) is 5.91 Å². The van der Waals surface area contributed by atoms with Crippen LogP contribution in [0.4, 0.5) is 0 Å². The Hall–Kier alpha value is -4.35. The minimum absolute atomic E-state index is 0.0152. The normalized spacial score (nSPS) is 11.1. The zero-order valence-corrected chi connectivity index (χ0v) is 24.3. The topological polar surface area (TPSA) is 50.8 Å². The summed E-state index contributed by atoms with van der Waals surface area (Å²) < 4.78 is 11.1. The monoisotopic (exact) mass is 548 g/mol. The summed E-state index contributed by atoms with van der Waals surface area (Å²) >= 11 is 0. The molecular weight excluding hydrogens is 508 g/mol. The summed E-state index contributed by atoms with van der Waals surface area (Å²) in [7, 11) is 1.63. The molecule has 1 amide bonds. The number of ether oxygens (including phenoxy) is 2. The average molecular weight is 549 g/mol. The van der Waals surface area contributed by atoms with Crippen molar-refractivity contribution < 1.29 is 14.3 Å². The van der Waals surface area contributed by atoms with Crippen LogP contribution in [0.25, 0.3) is 23.3 Å². The largest absolute Gasteiger partial charge is 0.497 e. The Morgan fingerprint density at radius 1 is 0.780 bits per heavy atom. The summed E-state index contributed by atoms with van der Waals surface area (Å²) in [6.45, 7) is 8.49. The first-order valence-corrected chi connectivity index (χ1v) is 14.3. The van der Waals surface area contributed by atoms with E-state index in [0.29, 0.717) is 19.6 Å². The smallest absolute Gasteiger partial charge is 0.224 e. The number of nitrogens with one attached hydrogen (secondary N) is 1. The number of nitrogens with zero attached hydrogens (tertiary/aromatic N) is 1. The maximum absolute atomic E-state index is 12.7. The second-order valence-corrected chi connectivity index (χ2v) is 9.82. The highest BCUT2D eigenvalue weighted by molar-refractivity contribution is 5.83. The Morgan fingerprint density at radius 2 is 1.44 bits per heavy atom. The van der Waals surface area contributed by atoms with Gasteiger partial charge >= 0.3 is 0 Å². The van der Waals surface area contributed by atoms with Gasteiger partial charge in [0.05, 0.1) is 13.5 Å². The first kappa shape index (κ1) is 29.6. The number of hydrogen-bond acceptors (Lipinski definition) is 4. The first-order chi connectivity index (χ1) is 20.1. The lowest BCUT2D eigenvalue weighted by Gasteiger charge is -2.18. The summed E-state index contributed by atoms with van der Waals surface area (Å²) in [4.78, 5) is 15.0. The number of likely N-dealkylation sites (N-methyl/N-ethyl adjacent to an activating group) is 1. The van der Waals surface area contributed by atoms with E-state index >= 15 is 0 Å². The summed E-state index contributed by atoms with van der Waals surface area (Å²) in [6.07, 6.45) is 4.59. The molecule has 5 nitrogen and oxygen atoms in total. The van der Waals surface area contributed by atoms with Crippen molar-refractivity contribution >= 4 is 18.1 Å². The van der Waals surface area contributed by atoms with Crippen LogP contribution in [0.1, 0.15) is 36.1 Å². The molecule has 0 saturated carbocycles. The maximum Gasteiger partial charge on any atom is 0.224 e. The van der Waals surface area contributed by atoms with Crippen LogP contribution >= 0.6 is 0 Å². The third-order valence-electron chi connectivity index (χ3n) is 7.17. The van der Waals surface area contributed by atoms with Gasteiger partial charge < -0.3 is 19.7 Å². The van der Waals surface area contributed by atoms with E-state index in [1.54, 1.807) is 7.11 Å². The van der Waals surface area contributed by atoms with E-state index in [2.05, 4.69) is 84.7 Å². The second-order valence-electron chi connectivity index (χ2n) is 9.82. The molecule has 0 radical (unpaired) electrons. The molecule has 4 aromatic carbocycles. The Kier molecular flexibility index (Phi) is 11.2. The molecule has 0 aromatic heterocycles. The van der Waals surface area contributed by atoms with Crippen LogP contribution in [0.2, 0.25) is 0 Å². The molecule has 0 fully saturated rings. The van der Waals surface area contributed by atoms with E-state index < -0.39 is 0 Å². The van der Waals surface area contributed by atoms with E-state index in [9.17, 15) is 4.79 Å². The van der Waals surface area contributed by atoms with Gasteiger partial charge in [0.1, 0.15) is 18.1 Å².